The minimum atomic E-state index is 0.340. The van der Waals surface area contributed by atoms with E-state index in [0.29, 0.717) is 10.6 Å². The van der Waals surface area contributed by atoms with Gasteiger partial charge in [0.15, 0.2) is 0 Å². The van der Waals surface area contributed by atoms with Gasteiger partial charge in [-0.2, -0.15) is 0 Å². The van der Waals surface area contributed by atoms with Gasteiger partial charge < -0.3 is 4.98 Å². The fraction of sp³-hybridized carbons (Fsp3) is 0.231. The van der Waals surface area contributed by atoms with Crippen LogP contribution in [0, 0.1) is 4.64 Å². The lowest BCUT2D eigenvalue weighted by Crippen LogP contribution is -1.99. The predicted octanol–water partition coefficient (Wildman–Crippen LogP) is 4.69. The zero-order chi connectivity index (χ0) is 12.4. The monoisotopic (exact) mass is 308 g/mol. The van der Waals surface area contributed by atoms with E-state index in [4.69, 9.17) is 12.2 Å². The Morgan fingerprint density at radius 2 is 1.88 bits per heavy atom. The molecule has 1 aromatic carbocycles. The molecule has 2 aromatic rings. The van der Waals surface area contributed by atoms with Crippen LogP contribution in [0.1, 0.15) is 25.6 Å². The molecular formula is C13H13BrN2S. The molecule has 0 aliphatic rings. The molecule has 0 radical (unpaired) electrons. The molecule has 0 amide bonds. The summed E-state index contributed by atoms with van der Waals surface area (Å²) < 4.78 is 1.70. The molecule has 0 atom stereocenters. The van der Waals surface area contributed by atoms with Crippen molar-refractivity contribution in [2.24, 2.45) is 0 Å². The zero-order valence-electron chi connectivity index (χ0n) is 9.70. The van der Waals surface area contributed by atoms with Crippen molar-refractivity contribution in [1.29, 1.82) is 0 Å². The summed E-state index contributed by atoms with van der Waals surface area (Å²) in [6, 6.07) is 10.0. The molecule has 1 heterocycles. The minimum absolute atomic E-state index is 0.340. The molecule has 0 spiro atoms. The summed E-state index contributed by atoms with van der Waals surface area (Å²) in [5.74, 6) is 1.27. The van der Waals surface area contributed by atoms with Gasteiger partial charge in [-0.3, -0.25) is 0 Å². The van der Waals surface area contributed by atoms with Crippen LogP contribution in [-0.4, -0.2) is 9.97 Å². The number of benzene rings is 1. The molecule has 2 nitrogen and oxygen atoms in total. The second-order valence-corrected chi connectivity index (χ2v) is 5.51. The lowest BCUT2D eigenvalue weighted by Gasteiger charge is -2.08. The molecule has 0 bridgehead atoms. The van der Waals surface area contributed by atoms with E-state index in [1.165, 1.54) is 0 Å². The average molecular weight is 309 g/mol. The molecule has 0 aliphatic carbocycles. The normalized spacial score (nSPS) is 10.8. The Labute approximate surface area is 114 Å². The molecule has 2 rings (SSSR count). The summed E-state index contributed by atoms with van der Waals surface area (Å²) >= 11 is 8.62. The van der Waals surface area contributed by atoms with Crippen LogP contribution in [0.25, 0.3) is 11.3 Å². The van der Waals surface area contributed by atoms with Crippen LogP contribution in [0.3, 0.4) is 0 Å². The molecule has 0 unspecified atom stereocenters. The summed E-state index contributed by atoms with van der Waals surface area (Å²) in [4.78, 5) is 7.65. The van der Waals surface area contributed by atoms with Crippen molar-refractivity contribution in [3.8, 4) is 11.3 Å². The number of aromatic nitrogens is 2. The Hall–Kier alpha value is -1.00. The highest BCUT2D eigenvalue weighted by Crippen LogP contribution is 2.21. The summed E-state index contributed by atoms with van der Waals surface area (Å²) in [5.41, 5.74) is 2.13. The topological polar surface area (TPSA) is 28.7 Å². The largest absolute Gasteiger partial charge is 0.343 e. The smallest absolute Gasteiger partial charge is 0.130 e. The Kier molecular flexibility index (Phi) is 3.74. The van der Waals surface area contributed by atoms with Crippen LogP contribution in [0.5, 0.6) is 0 Å². The van der Waals surface area contributed by atoms with E-state index in [1.54, 1.807) is 0 Å². The third kappa shape index (κ3) is 3.01. The van der Waals surface area contributed by atoms with Crippen LogP contribution >= 0.6 is 28.1 Å². The van der Waals surface area contributed by atoms with E-state index in [9.17, 15) is 0 Å². The number of nitrogens with zero attached hydrogens (tertiary/aromatic N) is 1. The first-order chi connectivity index (χ1) is 8.06. The van der Waals surface area contributed by atoms with E-state index in [0.717, 1.165) is 21.6 Å². The van der Waals surface area contributed by atoms with Gasteiger partial charge in [0.2, 0.25) is 0 Å². The molecule has 1 aromatic heterocycles. The molecule has 0 saturated heterocycles. The number of hydrogen-bond acceptors (Lipinski definition) is 2. The quantitative estimate of drug-likeness (QED) is 0.815. The highest BCUT2D eigenvalue weighted by Gasteiger charge is 2.05. The Balaban J connectivity index is 2.52. The third-order valence-corrected chi connectivity index (χ3v) is 3.20. The maximum atomic E-state index is 5.19. The lowest BCUT2D eigenvalue weighted by atomic mass is 10.1. The van der Waals surface area contributed by atoms with Crippen LogP contribution in [-0.2, 0) is 0 Å². The SMILES string of the molecule is CC(C)c1nc(=S)cc(-c2ccc(Br)cc2)[nH]1. The summed E-state index contributed by atoms with van der Waals surface area (Å²) in [7, 11) is 0. The van der Waals surface area contributed by atoms with Crippen molar-refractivity contribution in [3.63, 3.8) is 0 Å². The second-order valence-electron chi connectivity index (χ2n) is 4.18. The van der Waals surface area contributed by atoms with E-state index < -0.39 is 0 Å². The van der Waals surface area contributed by atoms with Gasteiger partial charge in [-0.25, -0.2) is 4.98 Å². The molecule has 17 heavy (non-hydrogen) atoms. The maximum absolute atomic E-state index is 5.19. The van der Waals surface area contributed by atoms with Crippen LogP contribution in [0.15, 0.2) is 34.8 Å². The predicted molar refractivity (Wildman–Crippen MR) is 76.6 cm³/mol. The van der Waals surface area contributed by atoms with Gasteiger partial charge in [0.05, 0.1) is 0 Å². The molecule has 0 saturated carbocycles. The third-order valence-electron chi connectivity index (χ3n) is 2.46. The maximum Gasteiger partial charge on any atom is 0.130 e. The molecule has 1 N–H and O–H groups in total. The van der Waals surface area contributed by atoms with Crippen LogP contribution < -0.4 is 0 Å². The van der Waals surface area contributed by atoms with Gasteiger partial charge in [-0.15, -0.1) is 0 Å². The number of halogens is 1. The van der Waals surface area contributed by atoms with Crippen molar-refractivity contribution in [2.45, 2.75) is 19.8 Å². The van der Waals surface area contributed by atoms with Gasteiger partial charge in [0.1, 0.15) is 10.5 Å². The van der Waals surface area contributed by atoms with Crippen molar-refractivity contribution in [2.75, 3.05) is 0 Å². The highest BCUT2D eigenvalue weighted by molar-refractivity contribution is 9.10. The first-order valence-corrected chi connectivity index (χ1v) is 6.63. The average Bonchev–Trinajstić information content (AvgIpc) is 2.29. The van der Waals surface area contributed by atoms with Crippen molar-refractivity contribution < 1.29 is 0 Å². The number of hydrogen-bond donors (Lipinski definition) is 1. The van der Waals surface area contributed by atoms with Crippen LogP contribution in [0.2, 0.25) is 0 Å². The van der Waals surface area contributed by atoms with Crippen molar-refractivity contribution in [1.82, 2.24) is 9.97 Å². The van der Waals surface area contributed by atoms with Gasteiger partial charge in [-0.1, -0.05) is 54.1 Å². The van der Waals surface area contributed by atoms with Crippen molar-refractivity contribution in [3.05, 3.63) is 45.3 Å². The molecule has 88 valence electrons. The summed E-state index contributed by atoms with van der Waals surface area (Å²) in [5, 5.41) is 0. The first-order valence-electron chi connectivity index (χ1n) is 5.43. The van der Waals surface area contributed by atoms with E-state index in [2.05, 4.69) is 51.9 Å². The first kappa shape index (κ1) is 12.5. The molecule has 0 fully saturated rings. The highest BCUT2D eigenvalue weighted by atomic mass is 79.9. The molecular weight excluding hydrogens is 296 g/mol. The Bertz CT molecular complexity index is 573. The summed E-state index contributed by atoms with van der Waals surface area (Å²) in [6.45, 7) is 4.19. The molecule has 4 heteroatoms. The zero-order valence-corrected chi connectivity index (χ0v) is 12.1. The standard InChI is InChI=1S/C13H13BrN2S/c1-8(2)13-15-11(7-12(17)16-13)9-3-5-10(14)6-4-9/h3-8H,1-2H3,(H,15,16,17). The fourth-order valence-electron chi connectivity index (χ4n) is 1.53. The van der Waals surface area contributed by atoms with E-state index >= 15 is 0 Å². The number of nitrogens with one attached hydrogen (secondary N) is 1. The lowest BCUT2D eigenvalue weighted by molar-refractivity contribution is 0.773. The fourth-order valence-corrected chi connectivity index (χ4v) is 2.02. The van der Waals surface area contributed by atoms with Crippen LogP contribution in [0.4, 0.5) is 0 Å². The van der Waals surface area contributed by atoms with Crippen molar-refractivity contribution >= 4 is 28.1 Å². The van der Waals surface area contributed by atoms with Gasteiger partial charge in [-0.05, 0) is 23.8 Å². The molecule has 0 aliphatic heterocycles. The van der Waals surface area contributed by atoms with Gasteiger partial charge in [0.25, 0.3) is 0 Å². The Morgan fingerprint density at radius 3 is 2.47 bits per heavy atom. The van der Waals surface area contributed by atoms with Gasteiger partial charge in [0, 0.05) is 16.1 Å². The number of rotatable bonds is 2. The second kappa shape index (κ2) is 5.10. The van der Waals surface area contributed by atoms with E-state index in [1.807, 2.05) is 18.2 Å². The summed E-state index contributed by atoms with van der Waals surface area (Å²) in [6.07, 6.45) is 0. The minimum Gasteiger partial charge on any atom is -0.343 e. The number of aromatic amines is 1. The number of H-pyrrole nitrogens is 1. The van der Waals surface area contributed by atoms with Gasteiger partial charge >= 0.3 is 0 Å². The van der Waals surface area contributed by atoms with E-state index in [-0.39, 0.29) is 0 Å². The Morgan fingerprint density at radius 1 is 1.24 bits per heavy atom.